The van der Waals surface area contributed by atoms with Crippen LogP contribution in [-0.4, -0.2) is 74.8 Å². The molecule has 7 rings (SSSR count). The third kappa shape index (κ3) is 6.56. The number of fused-ring (bicyclic) bond motifs is 1. The van der Waals surface area contributed by atoms with Crippen LogP contribution in [0.15, 0.2) is 132 Å². The van der Waals surface area contributed by atoms with Gasteiger partial charge >= 0.3 is 5.69 Å². The number of nitrogens with zero attached hydrogens (tertiary/aromatic N) is 2. The quantitative estimate of drug-likeness (QED) is 0.0588. The van der Waals surface area contributed by atoms with Crippen LogP contribution in [0.2, 0.25) is 0 Å². The number of hydrogen-bond donors (Lipinski definition) is 4. The van der Waals surface area contributed by atoms with Crippen molar-refractivity contribution >= 4 is 20.3 Å². The van der Waals surface area contributed by atoms with Crippen molar-refractivity contribution in [3.05, 3.63) is 176 Å². The van der Waals surface area contributed by atoms with E-state index in [0.717, 1.165) is 21.7 Å². The highest BCUT2D eigenvalue weighted by Crippen LogP contribution is 2.52. The standard InChI is InChI=1S/C41H39N4O10P/c1-4-9-24-10-8-13-30-32(24)38(49)45(37(30)48)33-34(47)35(54-39(33)44-23-22-31(46)43-40(44)50)36(55-56(42)51)41(25-11-6-5-7-12-25,26-14-18-28(52-2)19-15-26)27-16-20-29(53-3)21-17-27/h4-8,10-23,33-36,39,47,51H,1,9,42H2,2-3H3,(H,43,46,50)/t33-,34+,35+,36?,39-,56?/m1/s1. The molecule has 14 nitrogen and oxygen atoms in total. The third-order valence-corrected chi connectivity index (χ3v) is 10.8. The number of hydrogen-bond acceptors (Lipinski definition) is 11. The second kappa shape index (κ2) is 15.8. The molecule has 1 saturated heterocycles. The number of aromatic amines is 1. The lowest BCUT2D eigenvalue weighted by molar-refractivity contribution is -0.0887. The van der Waals surface area contributed by atoms with Gasteiger partial charge in [0.25, 0.3) is 25.9 Å². The Morgan fingerprint density at radius 3 is 2.04 bits per heavy atom. The van der Waals surface area contributed by atoms with Gasteiger partial charge in [0.2, 0.25) is 0 Å². The van der Waals surface area contributed by atoms with E-state index in [1.165, 1.54) is 20.3 Å². The Bertz CT molecular complexity index is 2320. The number of amides is 2. The molecular weight excluding hydrogens is 739 g/mol. The summed E-state index contributed by atoms with van der Waals surface area (Å²) in [5, 5.41) is 12.7. The van der Waals surface area contributed by atoms with Gasteiger partial charge in [-0.3, -0.25) is 34.3 Å². The van der Waals surface area contributed by atoms with Crippen LogP contribution in [0.25, 0.3) is 0 Å². The van der Waals surface area contributed by atoms with Gasteiger partial charge in [0, 0.05) is 12.3 Å². The Morgan fingerprint density at radius 1 is 0.875 bits per heavy atom. The van der Waals surface area contributed by atoms with Gasteiger partial charge < -0.3 is 28.7 Å². The largest absolute Gasteiger partial charge is 0.497 e. The van der Waals surface area contributed by atoms with Gasteiger partial charge in [0.15, 0.2) is 6.23 Å². The van der Waals surface area contributed by atoms with Gasteiger partial charge in [0.1, 0.15) is 35.9 Å². The number of aromatic nitrogens is 2. The number of carbonyl (C=O) groups is 2. The zero-order valence-corrected chi connectivity index (χ0v) is 31.2. The van der Waals surface area contributed by atoms with Crippen molar-refractivity contribution in [1.29, 1.82) is 0 Å². The average Bonchev–Trinajstić information content (AvgIpc) is 3.66. The maximum atomic E-state index is 14.4. The topological polar surface area (TPSA) is 196 Å². The van der Waals surface area contributed by atoms with E-state index < -0.39 is 67.6 Å². The lowest BCUT2D eigenvalue weighted by atomic mass is 9.64. The van der Waals surface area contributed by atoms with Crippen molar-refractivity contribution in [3.63, 3.8) is 0 Å². The second-order valence-electron chi connectivity index (χ2n) is 13.3. The summed E-state index contributed by atoms with van der Waals surface area (Å²) in [4.78, 5) is 68.5. The summed E-state index contributed by atoms with van der Waals surface area (Å²) in [6.07, 6.45) is -3.30. The molecule has 288 valence electrons. The molecular formula is C41H39N4O10P. The molecule has 6 atom stereocenters. The van der Waals surface area contributed by atoms with Gasteiger partial charge in [-0.1, -0.05) is 72.8 Å². The van der Waals surface area contributed by atoms with Gasteiger partial charge in [-0.15, -0.1) is 6.58 Å². The van der Waals surface area contributed by atoms with Gasteiger partial charge in [0.05, 0.1) is 30.8 Å². The van der Waals surface area contributed by atoms with E-state index in [1.807, 2.05) is 30.3 Å². The fraction of sp³-hybridized carbons (Fsp3) is 0.220. The van der Waals surface area contributed by atoms with Crippen molar-refractivity contribution in [1.82, 2.24) is 14.5 Å². The number of aliphatic hydroxyl groups excluding tert-OH is 1. The first-order valence-corrected chi connectivity index (χ1v) is 18.8. The zero-order valence-electron chi connectivity index (χ0n) is 30.4. The predicted octanol–water partition coefficient (Wildman–Crippen LogP) is 3.80. The summed E-state index contributed by atoms with van der Waals surface area (Å²) in [6.45, 7) is 3.78. The van der Waals surface area contributed by atoms with Crippen molar-refractivity contribution in [3.8, 4) is 11.5 Å². The van der Waals surface area contributed by atoms with E-state index in [1.54, 1.807) is 66.7 Å². The van der Waals surface area contributed by atoms with Gasteiger partial charge in [-0.05, 0) is 59.0 Å². The van der Waals surface area contributed by atoms with E-state index in [4.69, 9.17) is 24.2 Å². The lowest BCUT2D eigenvalue weighted by Gasteiger charge is -2.45. The van der Waals surface area contributed by atoms with Crippen LogP contribution in [0.3, 0.4) is 0 Å². The number of aliphatic hydroxyl groups is 1. The number of benzene rings is 4. The maximum Gasteiger partial charge on any atom is 0.330 e. The summed E-state index contributed by atoms with van der Waals surface area (Å²) in [5.74, 6) is -0.366. The molecule has 15 heteroatoms. The van der Waals surface area contributed by atoms with Crippen LogP contribution in [0.4, 0.5) is 0 Å². The molecule has 5 aromatic rings. The minimum atomic E-state index is -2.71. The van der Waals surface area contributed by atoms with Crippen molar-refractivity contribution in [2.45, 2.75) is 42.4 Å². The Balaban J connectivity index is 1.49. The minimum absolute atomic E-state index is 0.0984. The number of carbonyl (C=O) groups excluding carboxylic acids is 2. The van der Waals surface area contributed by atoms with Crippen LogP contribution in [0.1, 0.15) is 49.2 Å². The molecule has 1 aromatic heterocycles. The Hall–Kier alpha value is -5.73. The van der Waals surface area contributed by atoms with Crippen LogP contribution in [0.5, 0.6) is 11.5 Å². The number of nitrogens with two attached hydrogens (primary N) is 1. The molecule has 4 aromatic carbocycles. The van der Waals surface area contributed by atoms with E-state index in [9.17, 15) is 29.2 Å². The highest BCUT2D eigenvalue weighted by molar-refractivity contribution is 7.43. The summed E-state index contributed by atoms with van der Waals surface area (Å²) in [6, 6.07) is 27.7. The third-order valence-electron chi connectivity index (χ3n) is 10.4. The predicted molar refractivity (Wildman–Crippen MR) is 206 cm³/mol. The average molecular weight is 779 g/mol. The molecule has 5 N–H and O–H groups in total. The Kier molecular flexibility index (Phi) is 10.9. The first-order chi connectivity index (χ1) is 27.0. The van der Waals surface area contributed by atoms with Crippen molar-refractivity contribution in [2.24, 2.45) is 5.50 Å². The number of H-pyrrole nitrogens is 1. The smallest absolute Gasteiger partial charge is 0.330 e. The SMILES string of the molecule is C=CCc1cccc2c1C(=O)N([C@@H]1[C@H](O)[C@@H](C(OP(N)O)C(c3ccccc3)(c3ccc(OC)cc3)c3ccc(OC)cc3)O[C@H]1n1ccc(=O)[nH]c1=O)C2=O. The molecule has 3 heterocycles. The van der Waals surface area contributed by atoms with Crippen molar-refractivity contribution < 1.29 is 38.3 Å². The minimum Gasteiger partial charge on any atom is -0.497 e. The molecule has 2 aliphatic heterocycles. The molecule has 1 fully saturated rings. The molecule has 0 saturated carbocycles. The fourth-order valence-corrected chi connectivity index (χ4v) is 8.46. The monoisotopic (exact) mass is 778 g/mol. The number of ether oxygens (including phenoxy) is 3. The molecule has 56 heavy (non-hydrogen) atoms. The van der Waals surface area contributed by atoms with Gasteiger partial charge in [-0.2, -0.15) is 0 Å². The summed E-state index contributed by atoms with van der Waals surface area (Å²) in [7, 11) is 0.352. The molecule has 2 aliphatic rings. The molecule has 0 spiro atoms. The van der Waals surface area contributed by atoms with Crippen LogP contribution in [0, 0.1) is 0 Å². The summed E-state index contributed by atoms with van der Waals surface area (Å²) >= 11 is 0. The van der Waals surface area contributed by atoms with Crippen LogP contribution < -0.4 is 26.2 Å². The van der Waals surface area contributed by atoms with E-state index in [0.29, 0.717) is 33.8 Å². The molecule has 0 bridgehead atoms. The Morgan fingerprint density at radius 2 is 1.48 bits per heavy atom. The van der Waals surface area contributed by atoms with Gasteiger partial charge in [-0.25, -0.2) is 4.79 Å². The number of rotatable bonds is 13. The molecule has 2 amide bonds. The van der Waals surface area contributed by atoms with Crippen LogP contribution >= 0.6 is 8.53 Å². The van der Waals surface area contributed by atoms with Crippen molar-refractivity contribution in [2.75, 3.05) is 14.2 Å². The number of allylic oxidation sites excluding steroid dienone is 1. The zero-order chi connectivity index (χ0) is 39.7. The normalized spacial score (nSPS) is 20.4. The lowest BCUT2D eigenvalue weighted by Crippen LogP contribution is -2.56. The molecule has 2 unspecified atom stereocenters. The van der Waals surface area contributed by atoms with Crippen LogP contribution in [-0.2, 0) is 21.1 Å². The van der Waals surface area contributed by atoms with E-state index >= 15 is 0 Å². The Labute approximate surface area is 322 Å². The first-order valence-electron chi connectivity index (χ1n) is 17.6. The van der Waals surface area contributed by atoms with E-state index in [-0.39, 0.29) is 17.5 Å². The maximum absolute atomic E-state index is 14.4. The highest BCUT2D eigenvalue weighted by Gasteiger charge is 2.61. The second-order valence-corrected chi connectivity index (χ2v) is 14.1. The molecule has 0 aliphatic carbocycles. The number of imide groups is 1. The molecule has 0 radical (unpaired) electrons. The number of nitrogens with one attached hydrogen (secondary N) is 1. The van der Waals surface area contributed by atoms with E-state index in [2.05, 4.69) is 11.6 Å². The summed E-state index contributed by atoms with van der Waals surface area (Å²) < 4.78 is 25.0. The highest BCUT2D eigenvalue weighted by atomic mass is 31.2. The first kappa shape index (κ1) is 38.5. The number of methoxy groups -OCH3 is 2. The fourth-order valence-electron chi connectivity index (χ4n) is 7.95. The summed E-state index contributed by atoms with van der Waals surface area (Å²) in [5.41, 5.74) is 5.56.